The molecule has 21 heavy (non-hydrogen) atoms. The summed E-state index contributed by atoms with van der Waals surface area (Å²) < 4.78 is 7.29. The first-order valence-electron chi connectivity index (χ1n) is 7.05. The quantitative estimate of drug-likeness (QED) is 0.627. The third-order valence-corrected chi connectivity index (χ3v) is 3.56. The lowest BCUT2D eigenvalue weighted by Crippen LogP contribution is -2.30. The van der Waals surface area contributed by atoms with Crippen LogP contribution in [0.3, 0.4) is 0 Å². The molecule has 1 atom stereocenters. The molecule has 1 aromatic carbocycles. The lowest BCUT2D eigenvalue weighted by Gasteiger charge is -2.18. The zero-order valence-corrected chi connectivity index (χ0v) is 13.0. The summed E-state index contributed by atoms with van der Waals surface area (Å²) in [4.78, 5) is 4.34. The van der Waals surface area contributed by atoms with Gasteiger partial charge in [0, 0.05) is 12.5 Å². The summed E-state index contributed by atoms with van der Waals surface area (Å²) in [5, 5.41) is 4.26. The number of benzene rings is 1. The van der Waals surface area contributed by atoms with Gasteiger partial charge in [0.25, 0.3) is 0 Å². The van der Waals surface area contributed by atoms with Gasteiger partial charge in [-0.3, -0.25) is 11.3 Å². The van der Waals surface area contributed by atoms with Crippen molar-refractivity contribution in [1.82, 2.24) is 20.2 Å². The number of nitrogens with zero attached hydrogens (tertiary/aromatic N) is 3. The lowest BCUT2D eigenvalue weighted by molar-refractivity contribution is 0.409. The highest BCUT2D eigenvalue weighted by Gasteiger charge is 2.17. The van der Waals surface area contributed by atoms with Crippen LogP contribution in [0.5, 0.6) is 5.75 Å². The maximum absolute atomic E-state index is 5.73. The average Bonchev–Trinajstić information content (AvgIpc) is 2.94. The van der Waals surface area contributed by atoms with E-state index in [4.69, 9.17) is 10.6 Å². The van der Waals surface area contributed by atoms with Crippen molar-refractivity contribution in [2.24, 2.45) is 5.84 Å². The second-order valence-electron chi connectivity index (χ2n) is 5.37. The molecule has 1 unspecified atom stereocenters. The summed E-state index contributed by atoms with van der Waals surface area (Å²) in [6.45, 7) is 6.18. The van der Waals surface area contributed by atoms with Crippen LogP contribution in [0.15, 0.2) is 24.5 Å². The van der Waals surface area contributed by atoms with Crippen molar-refractivity contribution in [1.29, 1.82) is 0 Å². The van der Waals surface area contributed by atoms with Crippen LogP contribution in [0, 0.1) is 6.92 Å². The van der Waals surface area contributed by atoms with Gasteiger partial charge < -0.3 is 4.74 Å². The van der Waals surface area contributed by atoms with E-state index in [9.17, 15) is 0 Å². The van der Waals surface area contributed by atoms with E-state index >= 15 is 0 Å². The zero-order chi connectivity index (χ0) is 15.4. The molecule has 1 aromatic heterocycles. The van der Waals surface area contributed by atoms with E-state index in [1.165, 1.54) is 0 Å². The van der Waals surface area contributed by atoms with Crippen molar-refractivity contribution < 1.29 is 4.74 Å². The van der Waals surface area contributed by atoms with E-state index in [-0.39, 0.29) is 12.1 Å². The molecule has 0 saturated carbocycles. The molecule has 6 nitrogen and oxygen atoms in total. The van der Waals surface area contributed by atoms with Gasteiger partial charge in [-0.25, -0.2) is 9.67 Å². The Bertz CT molecular complexity index is 593. The van der Waals surface area contributed by atoms with Gasteiger partial charge >= 0.3 is 0 Å². The van der Waals surface area contributed by atoms with Crippen molar-refractivity contribution in [3.63, 3.8) is 0 Å². The van der Waals surface area contributed by atoms with Gasteiger partial charge in [0.2, 0.25) is 0 Å². The number of nitrogens with two attached hydrogens (primary N) is 1. The monoisotopic (exact) mass is 289 g/mol. The van der Waals surface area contributed by atoms with E-state index in [1.54, 1.807) is 13.4 Å². The van der Waals surface area contributed by atoms with Crippen molar-refractivity contribution in [3.8, 4) is 5.75 Å². The molecule has 0 bridgehead atoms. The van der Waals surface area contributed by atoms with Gasteiger partial charge in [0.1, 0.15) is 17.9 Å². The number of aromatic nitrogens is 3. The van der Waals surface area contributed by atoms with Crippen LogP contribution >= 0.6 is 0 Å². The van der Waals surface area contributed by atoms with E-state index in [2.05, 4.69) is 35.4 Å². The predicted octanol–water partition coefficient (Wildman–Crippen LogP) is 1.92. The average molecular weight is 289 g/mol. The zero-order valence-electron chi connectivity index (χ0n) is 13.0. The fraction of sp³-hybridized carbons (Fsp3) is 0.467. The number of hydrogen-bond donors (Lipinski definition) is 2. The summed E-state index contributed by atoms with van der Waals surface area (Å²) in [7, 11) is 1.67. The molecule has 0 saturated heterocycles. The number of hydrogen-bond acceptors (Lipinski definition) is 5. The molecule has 0 aliphatic heterocycles. The van der Waals surface area contributed by atoms with Gasteiger partial charge in [0.15, 0.2) is 0 Å². The van der Waals surface area contributed by atoms with Crippen LogP contribution in [-0.4, -0.2) is 21.9 Å². The minimum absolute atomic E-state index is 0.0406. The molecular formula is C15H23N5O. The first-order valence-corrected chi connectivity index (χ1v) is 7.05. The Labute approximate surface area is 125 Å². The van der Waals surface area contributed by atoms with E-state index in [1.807, 2.05) is 23.7 Å². The molecule has 114 valence electrons. The maximum atomic E-state index is 5.73. The number of hydrazine groups is 1. The largest absolute Gasteiger partial charge is 0.496 e. The number of rotatable bonds is 6. The Morgan fingerprint density at radius 1 is 1.38 bits per heavy atom. The van der Waals surface area contributed by atoms with Gasteiger partial charge in [-0.1, -0.05) is 12.1 Å². The molecule has 0 fully saturated rings. The second kappa shape index (κ2) is 6.69. The minimum Gasteiger partial charge on any atom is -0.496 e. The number of methoxy groups -OCH3 is 1. The van der Waals surface area contributed by atoms with Crippen molar-refractivity contribution in [2.45, 2.75) is 39.3 Å². The van der Waals surface area contributed by atoms with E-state index < -0.39 is 0 Å². The van der Waals surface area contributed by atoms with E-state index in [0.717, 1.165) is 22.7 Å². The summed E-state index contributed by atoms with van der Waals surface area (Å²) in [6.07, 6.45) is 2.25. The van der Waals surface area contributed by atoms with Crippen LogP contribution in [0.4, 0.5) is 0 Å². The fourth-order valence-electron chi connectivity index (χ4n) is 2.36. The molecular weight excluding hydrogens is 266 g/mol. The van der Waals surface area contributed by atoms with Crippen LogP contribution < -0.4 is 16.0 Å². The molecule has 0 spiro atoms. The molecule has 0 aliphatic carbocycles. The summed E-state index contributed by atoms with van der Waals surface area (Å²) in [5.74, 6) is 7.50. The molecule has 2 rings (SSSR count). The molecule has 2 aromatic rings. The normalized spacial score (nSPS) is 12.7. The van der Waals surface area contributed by atoms with Crippen LogP contribution in [0.2, 0.25) is 0 Å². The van der Waals surface area contributed by atoms with Crippen molar-refractivity contribution in [3.05, 3.63) is 41.5 Å². The fourth-order valence-corrected chi connectivity index (χ4v) is 2.36. The Hall–Kier alpha value is -1.92. The van der Waals surface area contributed by atoms with Gasteiger partial charge in [-0.2, -0.15) is 5.10 Å². The molecule has 0 aliphatic rings. The highest BCUT2D eigenvalue weighted by molar-refractivity contribution is 5.38. The number of aryl methyl sites for hydroxylation is 1. The predicted molar refractivity (Wildman–Crippen MR) is 81.9 cm³/mol. The molecule has 0 radical (unpaired) electrons. The van der Waals surface area contributed by atoms with Gasteiger partial charge in [0.05, 0.1) is 13.2 Å². The molecule has 6 heteroatoms. The smallest absolute Gasteiger partial charge is 0.138 e. The second-order valence-corrected chi connectivity index (χ2v) is 5.37. The Morgan fingerprint density at radius 2 is 2.14 bits per heavy atom. The third-order valence-electron chi connectivity index (χ3n) is 3.56. The number of nitrogens with one attached hydrogen (secondary N) is 1. The highest BCUT2D eigenvalue weighted by atomic mass is 16.5. The topological polar surface area (TPSA) is 78.0 Å². The molecule has 3 N–H and O–H groups in total. The van der Waals surface area contributed by atoms with E-state index in [0.29, 0.717) is 6.42 Å². The first-order chi connectivity index (χ1) is 10.1. The lowest BCUT2D eigenvalue weighted by atomic mass is 10.0. The van der Waals surface area contributed by atoms with Crippen LogP contribution in [-0.2, 0) is 6.42 Å². The maximum Gasteiger partial charge on any atom is 0.138 e. The Morgan fingerprint density at radius 3 is 2.76 bits per heavy atom. The van der Waals surface area contributed by atoms with Crippen molar-refractivity contribution in [2.75, 3.05) is 7.11 Å². The van der Waals surface area contributed by atoms with Crippen LogP contribution in [0.25, 0.3) is 0 Å². The first kappa shape index (κ1) is 15.5. The SMILES string of the molecule is COc1cc(C(Cc2ncnn2C(C)C)NN)ccc1C. The highest BCUT2D eigenvalue weighted by Crippen LogP contribution is 2.25. The van der Waals surface area contributed by atoms with Crippen molar-refractivity contribution >= 4 is 0 Å². The van der Waals surface area contributed by atoms with Gasteiger partial charge in [-0.05, 0) is 38.0 Å². The minimum atomic E-state index is -0.0406. The number of ether oxygens (including phenoxy) is 1. The summed E-state index contributed by atoms with van der Waals surface area (Å²) in [5.41, 5.74) is 5.02. The molecule has 1 heterocycles. The molecule has 0 amide bonds. The standard InChI is InChI=1S/C15H23N5O/c1-10(2)20-15(17-9-18-20)8-13(19-16)12-6-5-11(3)14(7-12)21-4/h5-7,9-10,13,19H,8,16H2,1-4H3. The third kappa shape index (κ3) is 3.40. The Balaban J connectivity index is 2.25. The summed E-state index contributed by atoms with van der Waals surface area (Å²) in [6, 6.07) is 6.33. The van der Waals surface area contributed by atoms with Crippen LogP contribution in [0.1, 0.15) is 42.9 Å². The Kier molecular flexibility index (Phi) is 4.93. The summed E-state index contributed by atoms with van der Waals surface area (Å²) >= 11 is 0. The van der Waals surface area contributed by atoms with Gasteiger partial charge in [-0.15, -0.1) is 0 Å².